The van der Waals surface area contributed by atoms with Gasteiger partial charge in [0.25, 0.3) is 0 Å². The second-order valence-electron chi connectivity index (χ2n) is 8.81. The van der Waals surface area contributed by atoms with Gasteiger partial charge >= 0.3 is 0 Å². The first-order chi connectivity index (χ1) is 13.2. The molecule has 2 unspecified atom stereocenters. The molecule has 0 aromatic rings. The molecule has 0 bridgehead atoms. The Morgan fingerprint density at radius 3 is 1.37 bits per heavy atom. The van der Waals surface area contributed by atoms with Crippen LogP contribution in [-0.2, 0) is 0 Å². The van der Waals surface area contributed by atoms with Crippen LogP contribution in [0.25, 0.3) is 0 Å². The van der Waals surface area contributed by atoms with Crippen molar-refractivity contribution in [3.63, 3.8) is 0 Å². The zero-order chi connectivity index (χ0) is 20.0. The summed E-state index contributed by atoms with van der Waals surface area (Å²) in [6.45, 7) is 12.6. The first-order valence-corrected chi connectivity index (χ1v) is 12.2. The van der Waals surface area contributed by atoms with E-state index in [4.69, 9.17) is 0 Å². The van der Waals surface area contributed by atoms with Crippen molar-refractivity contribution in [3.05, 3.63) is 13.8 Å². The van der Waals surface area contributed by atoms with Crippen LogP contribution in [0, 0.1) is 37.5 Å². The fourth-order valence-electron chi connectivity index (χ4n) is 3.89. The van der Waals surface area contributed by atoms with E-state index in [-0.39, 0.29) is 0 Å². The van der Waals surface area contributed by atoms with E-state index in [1.165, 1.54) is 103 Å². The summed E-state index contributed by atoms with van der Waals surface area (Å²) in [7, 11) is 0. The van der Waals surface area contributed by atoms with Gasteiger partial charge in [0.05, 0.1) is 0 Å². The molecule has 0 heteroatoms. The molecule has 27 heavy (non-hydrogen) atoms. The zero-order valence-corrected chi connectivity index (χ0v) is 19.0. The Kier molecular flexibility index (Phi) is 21.5. The van der Waals surface area contributed by atoms with Gasteiger partial charge in [-0.2, -0.15) is 0 Å². The van der Waals surface area contributed by atoms with E-state index in [0.717, 1.165) is 31.1 Å². The van der Waals surface area contributed by atoms with E-state index in [1.807, 2.05) is 0 Å². The van der Waals surface area contributed by atoms with Crippen LogP contribution in [0.1, 0.15) is 136 Å². The van der Waals surface area contributed by atoms with Crippen LogP contribution in [0.5, 0.6) is 0 Å². The van der Waals surface area contributed by atoms with Crippen LogP contribution < -0.4 is 0 Å². The number of unbranched alkanes of at least 4 members (excludes halogenated alkanes) is 11. The average molecular weight is 375 g/mol. The molecule has 0 aromatic heterocycles. The van der Waals surface area contributed by atoms with E-state index in [2.05, 4.69) is 39.5 Å². The van der Waals surface area contributed by atoms with Gasteiger partial charge in [0, 0.05) is 12.8 Å². The van der Waals surface area contributed by atoms with Gasteiger partial charge in [-0.05, 0) is 25.2 Å². The SMILES string of the molecule is [CH2]CC#CCCCCCCCCC(C)CCCCCCC(C)CCCC[CH2]. The predicted octanol–water partition coefficient (Wildman–Crippen LogP) is 9.34. The van der Waals surface area contributed by atoms with E-state index in [0.29, 0.717) is 0 Å². The largest absolute Gasteiger partial charge is 0.103 e. The summed E-state index contributed by atoms with van der Waals surface area (Å²) in [6.07, 6.45) is 25.5. The minimum absolute atomic E-state index is 0.759. The average Bonchev–Trinajstić information content (AvgIpc) is 2.66. The van der Waals surface area contributed by atoms with Gasteiger partial charge in [-0.1, -0.05) is 124 Å². The maximum Gasteiger partial charge on any atom is 0.00890 e. The molecule has 0 aliphatic carbocycles. The predicted molar refractivity (Wildman–Crippen MR) is 125 cm³/mol. The van der Waals surface area contributed by atoms with Crippen molar-refractivity contribution in [3.8, 4) is 11.8 Å². The standard InChI is InChI=1S/C27H50/c1-5-7-9-10-11-12-13-14-15-19-23-27(4)25-21-17-16-20-24-26(3)22-18-8-6-2/h26-27H,1-2,5-6,8,10-25H2,3-4H3. The summed E-state index contributed by atoms with van der Waals surface area (Å²) >= 11 is 0. The molecule has 0 aliphatic rings. The molecule has 0 rings (SSSR count). The molecular weight excluding hydrogens is 324 g/mol. The fourth-order valence-corrected chi connectivity index (χ4v) is 3.89. The summed E-state index contributed by atoms with van der Waals surface area (Å²) in [4.78, 5) is 0. The van der Waals surface area contributed by atoms with E-state index >= 15 is 0 Å². The molecule has 0 fully saturated rings. The third kappa shape index (κ3) is 21.7. The van der Waals surface area contributed by atoms with Crippen molar-refractivity contribution < 1.29 is 0 Å². The van der Waals surface area contributed by atoms with Gasteiger partial charge in [0.2, 0.25) is 0 Å². The summed E-state index contributed by atoms with van der Waals surface area (Å²) in [5.41, 5.74) is 0. The van der Waals surface area contributed by atoms with Crippen LogP contribution in [0.3, 0.4) is 0 Å². The molecule has 0 heterocycles. The van der Waals surface area contributed by atoms with Crippen LogP contribution in [-0.4, -0.2) is 0 Å². The van der Waals surface area contributed by atoms with Gasteiger partial charge in [-0.25, -0.2) is 0 Å². The molecule has 2 atom stereocenters. The zero-order valence-electron chi connectivity index (χ0n) is 19.0. The highest BCUT2D eigenvalue weighted by Gasteiger charge is 2.04. The second-order valence-corrected chi connectivity index (χ2v) is 8.81. The Labute approximate surface area is 173 Å². The minimum Gasteiger partial charge on any atom is -0.103 e. The van der Waals surface area contributed by atoms with Gasteiger partial charge < -0.3 is 0 Å². The second kappa shape index (κ2) is 21.9. The number of rotatable bonds is 19. The van der Waals surface area contributed by atoms with Gasteiger partial charge in [0.15, 0.2) is 0 Å². The first kappa shape index (κ1) is 26.6. The maximum atomic E-state index is 3.93. The van der Waals surface area contributed by atoms with Gasteiger partial charge in [-0.15, -0.1) is 11.8 Å². The highest BCUT2D eigenvalue weighted by atomic mass is 14.1. The lowest BCUT2D eigenvalue weighted by molar-refractivity contribution is 0.415. The normalized spacial score (nSPS) is 13.2. The number of hydrogen-bond donors (Lipinski definition) is 0. The molecular formula is C27H50. The van der Waals surface area contributed by atoms with E-state index < -0.39 is 0 Å². The lowest BCUT2D eigenvalue weighted by Gasteiger charge is -2.12. The summed E-state index contributed by atoms with van der Waals surface area (Å²) in [5, 5.41) is 0. The lowest BCUT2D eigenvalue weighted by atomic mass is 9.94. The minimum atomic E-state index is 0.759. The first-order valence-electron chi connectivity index (χ1n) is 12.2. The molecule has 0 aromatic carbocycles. The molecule has 0 amide bonds. The monoisotopic (exact) mass is 374 g/mol. The molecule has 0 saturated carbocycles. The molecule has 0 N–H and O–H groups in total. The maximum absolute atomic E-state index is 3.93. The highest BCUT2D eigenvalue weighted by molar-refractivity contribution is 4.98. The van der Waals surface area contributed by atoms with Crippen LogP contribution in [0.2, 0.25) is 0 Å². The van der Waals surface area contributed by atoms with Crippen molar-refractivity contribution in [1.82, 2.24) is 0 Å². The van der Waals surface area contributed by atoms with Crippen molar-refractivity contribution in [1.29, 1.82) is 0 Å². The van der Waals surface area contributed by atoms with E-state index in [9.17, 15) is 0 Å². The lowest BCUT2D eigenvalue weighted by Crippen LogP contribution is -1.96. The summed E-state index contributed by atoms with van der Waals surface area (Å²) in [6, 6.07) is 0. The topological polar surface area (TPSA) is 0 Å². The smallest absolute Gasteiger partial charge is 0.00890 e. The number of hydrogen-bond acceptors (Lipinski definition) is 0. The Morgan fingerprint density at radius 1 is 0.519 bits per heavy atom. The van der Waals surface area contributed by atoms with Crippen molar-refractivity contribution in [2.75, 3.05) is 0 Å². The Hall–Kier alpha value is -0.440. The third-order valence-electron chi connectivity index (χ3n) is 5.84. The Bertz CT molecular complexity index is 332. The van der Waals surface area contributed by atoms with E-state index in [1.54, 1.807) is 0 Å². The van der Waals surface area contributed by atoms with Crippen molar-refractivity contribution >= 4 is 0 Å². The van der Waals surface area contributed by atoms with Crippen molar-refractivity contribution in [2.24, 2.45) is 11.8 Å². The third-order valence-corrected chi connectivity index (χ3v) is 5.84. The van der Waals surface area contributed by atoms with Crippen LogP contribution >= 0.6 is 0 Å². The Morgan fingerprint density at radius 2 is 0.926 bits per heavy atom. The van der Waals surface area contributed by atoms with Gasteiger partial charge in [-0.3, -0.25) is 0 Å². The quantitative estimate of drug-likeness (QED) is 0.156. The fraction of sp³-hybridized carbons (Fsp3) is 0.852. The molecule has 0 aliphatic heterocycles. The molecule has 2 radical (unpaired) electrons. The Balaban J connectivity index is 3.27. The molecule has 0 spiro atoms. The van der Waals surface area contributed by atoms with Crippen LogP contribution in [0.4, 0.5) is 0 Å². The van der Waals surface area contributed by atoms with Gasteiger partial charge in [0.1, 0.15) is 0 Å². The van der Waals surface area contributed by atoms with Crippen molar-refractivity contribution in [2.45, 2.75) is 136 Å². The summed E-state index contributed by atoms with van der Waals surface area (Å²) < 4.78 is 0. The highest BCUT2D eigenvalue weighted by Crippen LogP contribution is 2.20. The molecule has 0 saturated heterocycles. The van der Waals surface area contributed by atoms with Crippen LogP contribution in [0.15, 0.2) is 0 Å². The molecule has 158 valence electrons. The summed E-state index contributed by atoms with van der Waals surface area (Å²) in [5.74, 6) is 8.10. The molecule has 0 nitrogen and oxygen atoms in total.